The number of benzene rings is 1. The molecule has 0 aliphatic rings. The molecule has 2 aromatic rings. The van der Waals surface area contributed by atoms with Crippen LogP contribution in [0, 0.1) is 11.8 Å². The summed E-state index contributed by atoms with van der Waals surface area (Å²) in [4.78, 5) is 0. The van der Waals surface area contributed by atoms with Crippen LogP contribution in [-0.4, -0.2) is 6.54 Å². The molecule has 1 aromatic heterocycles. The highest BCUT2D eigenvalue weighted by atomic mass is 35.5. The molecule has 0 aliphatic carbocycles. The van der Waals surface area contributed by atoms with Crippen molar-refractivity contribution in [3.8, 4) is 11.8 Å². The lowest BCUT2D eigenvalue weighted by molar-refractivity contribution is 0.601. The lowest BCUT2D eigenvalue weighted by Crippen LogP contribution is -1.92. The number of fused-ring (bicyclic) bond motifs is 1. The Bertz CT molecular complexity index is 519. The van der Waals surface area contributed by atoms with Gasteiger partial charge in [-0.2, -0.15) is 0 Å². The van der Waals surface area contributed by atoms with E-state index < -0.39 is 0 Å². The predicted octanol–water partition coefficient (Wildman–Crippen LogP) is 2.40. The van der Waals surface area contributed by atoms with E-state index in [0.29, 0.717) is 22.9 Å². The summed E-state index contributed by atoms with van der Waals surface area (Å²) in [5.41, 5.74) is 5.94. The Hall–Kier alpha value is -1.43. The summed E-state index contributed by atoms with van der Waals surface area (Å²) in [5, 5.41) is 1.56. The Labute approximate surface area is 86.6 Å². The first-order valence-corrected chi connectivity index (χ1v) is 4.56. The van der Waals surface area contributed by atoms with Gasteiger partial charge < -0.3 is 10.2 Å². The first kappa shape index (κ1) is 9.14. The lowest BCUT2D eigenvalue weighted by Gasteiger charge is -1.88. The van der Waals surface area contributed by atoms with Crippen molar-refractivity contribution >= 4 is 22.6 Å². The van der Waals surface area contributed by atoms with Gasteiger partial charge >= 0.3 is 0 Å². The summed E-state index contributed by atoms with van der Waals surface area (Å²) in [5.74, 6) is 6.14. The number of halogens is 1. The normalized spacial score (nSPS) is 9.86. The van der Waals surface area contributed by atoms with Crippen LogP contribution >= 0.6 is 11.6 Å². The van der Waals surface area contributed by atoms with Crippen LogP contribution in [-0.2, 0) is 0 Å². The average molecular weight is 206 g/mol. The van der Waals surface area contributed by atoms with Gasteiger partial charge in [-0.25, -0.2) is 0 Å². The highest BCUT2D eigenvalue weighted by Gasteiger charge is 2.04. The third-order valence-electron chi connectivity index (χ3n) is 1.81. The van der Waals surface area contributed by atoms with Crippen molar-refractivity contribution in [2.45, 2.75) is 0 Å². The van der Waals surface area contributed by atoms with Crippen LogP contribution in [0.3, 0.4) is 0 Å². The highest BCUT2D eigenvalue weighted by Crippen LogP contribution is 2.25. The Morgan fingerprint density at radius 2 is 2.29 bits per heavy atom. The Kier molecular flexibility index (Phi) is 2.45. The second-order valence-corrected chi connectivity index (χ2v) is 3.18. The summed E-state index contributed by atoms with van der Waals surface area (Å²) >= 11 is 5.94. The first-order chi connectivity index (χ1) is 6.81. The van der Waals surface area contributed by atoms with Crippen LogP contribution in [0.2, 0.25) is 5.02 Å². The van der Waals surface area contributed by atoms with Gasteiger partial charge in [0.25, 0.3) is 0 Å². The number of para-hydroxylation sites is 1. The molecule has 2 N–H and O–H groups in total. The van der Waals surface area contributed by atoms with Crippen molar-refractivity contribution in [2.75, 3.05) is 6.54 Å². The quantitative estimate of drug-likeness (QED) is 0.671. The predicted molar refractivity (Wildman–Crippen MR) is 57.2 cm³/mol. The van der Waals surface area contributed by atoms with E-state index in [4.69, 9.17) is 21.8 Å². The first-order valence-electron chi connectivity index (χ1n) is 4.18. The van der Waals surface area contributed by atoms with Gasteiger partial charge in [-0.15, -0.1) is 0 Å². The number of nitrogens with two attached hydrogens (primary N) is 1. The molecule has 0 saturated carbocycles. The molecule has 2 nitrogen and oxygen atoms in total. The van der Waals surface area contributed by atoms with E-state index in [1.807, 2.05) is 18.2 Å². The summed E-state index contributed by atoms with van der Waals surface area (Å²) in [7, 11) is 0. The van der Waals surface area contributed by atoms with Gasteiger partial charge in [0.15, 0.2) is 11.3 Å². The van der Waals surface area contributed by atoms with Gasteiger partial charge in [-0.1, -0.05) is 29.7 Å². The van der Waals surface area contributed by atoms with Crippen molar-refractivity contribution in [3.63, 3.8) is 0 Å². The van der Waals surface area contributed by atoms with Crippen molar-refractivity contribution in [3.05, 3.63) is 35.0 Å². The molecular weight excluding hydrogens is 198 g/mol. The van der Waals surface area contributed by atoms with E-state index in [0.717, 1.165) is 5.39 Å². The van der Waals surface area contributed by atoms with Crippen LogP contribution in [0.15, 0.2) is 28.7 Å². The molecule has 70 valence electrons. The van der Waals surface area contributed by atoms with Gasteiger partial charge in [0.2, 0.25) is 0 Å². The fourth-order valence-electron chi connectivity index (χ4n) is 1.23. The number of hydrogen-bond acceptors (Lipinski definition) is 2. The van der Waals surface area contributed by atoms with Crippen LogP contribution < -0.4 is 5.73 Å². The van der Waals surface area contributed by atoms with Crippen LogP contribution in [0.5, 0.6) is 0 Å². The third-order valence-corrected chi connectivity index (χ3v) is 2.11. The highest BCUT2D eigenvalue weighted by molar-refractivity contribution is 6.34. The van der Waals surface area contributed by atoms with Gasteiger partial charge in [-0.3, -0.25) is 0 Å². The fourth-order valence-corrected chi connectivity index (χ4v) is 1.45. The smallest absolute Gasteiger partial charge is 0.178 e. The molecule has 0 atom stereocenters. The zero-order valence-electron chi connectivity index (χ0n) is 7.38. The van der Waals surface area contributed by atoms with Crippen LogP contribution in [0.1, 0.15) is 5.76 Å². The van der Waals surface area contributed by atoms with Gasteiger partial charge in [0, 0.05) is 11.5 Å². The number of hydrogen-bond donors (Lipinski definition) is 1. The molecule has 0 unspecified atom stereocenters. The van der Waals surface area contributed by atoms with Crippen molar-refractivity contribution in [1.29, 1.82) is 0 Å². The van der Waals surface area contributed by atoms with E-state index in [1.165, 1.54) is 0 Å². The minimum atomic E-state index is 0.324. The molecule has 0 fully saturated rings. The van der Waals surface area contributed by atoms with E-state index in [2.05, 4.69) is 11.8 Å². The largest absolute Gasteiger partial charge is 0.446 e. The third kappa shape index (κ3) is 1.60. The fraction of sp³-hybridized carbons (Fsp3) is 0.0909. The molecule has 1 aromatic carbocycles. The molecular formula is C11H8ClNO. The molecule has 0 bridgehead atoms. The standard InChI is InChI=1S/C11H8ClNO/c12-10-5-1-3-8-7-9(4-2-6-13)14-11(8)10/h1,3,5,7H,6,13H2. The van der Waals surface area contributed by atoms with Gasteiger partial charge in [0.05, 0.1) is 11.6 Å². The zero-order valence-corrected chi connectivity index (χ0v) is 8.14. The van der Waals surface area contributed by atoms with Crippen LogP contribution in [0.4, 0.5) is 0 Å². The Morgan fingerprint density at radius 1 is 1.43 bits per heavy atom. The average Bonchev–Trinajstić information content (AvgIpc) is 2.59. The molecule has 14 heavy (non-hydrogen) atoms. The Morgan fingerprint density at radius 3 is 3.00 bits per heavy atom. The summed E-state index contributed by atoms with van der Waals surface area (Å²) < 4.78 is 5.44. The van der Waals surface area contributed by atoms with Crippen molar-refractivity contribution < 1.29 is 4.42 Å². The minimum Gasteiger partial charge on any atom is -0.446 e. The molecule has 0 saturated heterocycles. The second kappa shape index (κ2) is 3.75. The molecule has 0 amide bonds. The zero-order chi connectivity index (χ0) is 9.97. The van der Waals surface area contributed by atoms with Crippen molar-refractivity contribution in [1.82, 2.24) is 0 Å². The van der Waals surface area contributed by atoms with Crippen molar-refractivity contribution in [2.24, 2.45) is 5.73 Å². The second-order valence-electron chi connectivity index (χ2n) is 2.77. The lowest BCUT2D eigenvalue weighted by atomic mass is 10.2. The number of rotatable bonds is 0. The number of furan rings is 1. The summed E-state index contributed by atoms with van der Waals surface area (Å²) in [6.07, 6.45) is 0. The van der Waals surface area contributed by atoms with Gasteiger partial charge in [-0.05, 0) is 12.0 Å². The van der Waals surface area contributed by atoms with E-state index in [1.54, 1.807) is 6.07 Å². The SMILES string of the molecule is NCC#Cc1cc2cccc(Cl)c2o1. The van der Waals surface area contributed by atoms with E-state index in [-0.39, 0.29) is 0 Å². The monoisotopic (exact) mass is 205 g/mol. The minimum absolute atomic E-state index is 0.324. The molecule has 0 radical (unpaired) electrons. The molecule has 0 spiro atoms. The Balaban J connectivity index is 2.57. The maximum atomic E-state index is 5.94. The maximum absolute atomic E-state index is 5.94. The topological polar surface area (TPSA) is 39.2 Å². The molecule has 0 aliphatic heterocycles. The summed E-state index contributed by atoms with van der Waals surface area (Å²) in [6, 6.07) is 7.44. The molecule has 2 rings (SSSR count). The van der Waals surface area contributed by atoms with Gasteiger partial charge in [0.1, 0.15) is 0 Å². The summed E-state index contributed by atoms with van der Waals surface area (Å²) in [6.45, 7) is 0.324. The molecule has 1 heterocycles. The van der Waals surface area contributed by atoms with Crippen LogP contribution in [0.25, 0.3) is 11.0 Å². The molecule has 3 heteroatoms. The maximum Gasteiger partial charge on any atom is 0.178 e. The van der Waals surface area contributed by atoms with E-state index in [9.17, 15) is 0 Å². The van der Waals surface area contributed by atoms with E-state index >= 15 is 0 Å².